The SMILES string of the molecule is O=C(Nc1nnc(C2CC2)s1)C1CC(c2ccccc2)NN1. The molecule has 1 amide bonds. The summed E-state index contributed by atoms with van der Waals surface area (Å²) in [5.41, 5.74) is 7.42. The zero-order chi connectivity index (χ0) is 14.9. The van der Waals surface area contributed by atoms with Crippen molar-refractivity contribution in [1.29, 1.82) is 0 Å². The van der Waals surface area contributed by atoms with Crippen LogP contribution in [0, 0.1) is 0 Å². The number of hydrogen-bond acceptors (Lipinski definition) is 6. The second-order valence-electron chi connectivity index (χ2n) is 5.75. The number of amides is 1. The lowest BCUT2D eigenvalue weighted by Crippen LogP contribution is -2.39. The first-order valence-corrected chi connectivity index (χ1v) is 8.31. The Labute approximate surface area is 132 Å². The van der Waals surface area contributed by atoms with Crippen LogP contribution in [0.4, 0.5) is 5.13 Å². The molecule has 3 N–H and O–H groups in total. The molecule has 0 spiro atoms. The zero-order valence-corrected chi connectivity index (χ0v) is 12.8. The number of anilines is 1. The molecule has 2 unspecified atom stereocenters. The number of aromatic nitrogens is 2. The van der Waals surface area contributed by atoms with E-state index in [4.69, 9.17) is 0 Å². The second-order valence-corrected chi connectivity index (χ2v) is 6.76. The van der Waals surface area contributed by atoms with Gasteiger partial charge in [-0.15, -0.1) is 10.2 Å². The van der Waals surface area contributed by atoms with Crippen molar-refractivity contribution in [2.75, 3.05) is 5.32 Å². The fourth-order valence-electron chi connectivity index (χ4n) is 2.60. The molecule has 2 fully saturated rings. The first kappa shape index (κ1) is 13.8. The number of hydrazine groups is 1. The van der Waals surface area contributed by atoms with E-state index in [1.807, 2.05) is 18.2 Å². The van der Waals surface area contributed by atoms with Crippen molar-refractivity contribution in [2.24, 2.45) is 0 Å². The minimum absolute atomic E-state index is 0.0653. The van der Waals surface area contributed by atoms with Gasteiger partial charge in [0.05, 0.1) is 0 Å². The van der Waals surface area contributed by atoms with E-state index in [1.54, 1.807) is 0 Å². The molecule has 2 aliphatic rings. The zero-order valence-electron chi connectivity index (χ0n) is 12.0. The van der Waals surface area contributed by atoms with Gasteiger partial charge in [0.25, 0.3) is 0 Å². The van der Waals surface area contributed by atoms with Crippen molar-refractivity contribution in [1.82, 2.24) is 21.0 Å². The number of hydrogen-bond donors (Lipinski definition) is 3. The molecule has 0 radical (unpaired) electrons. The number of carbonyl (C=O) groups is 1. The van der Waals surface area contributed by atoms with Crippen molar-refractivity contribution < 1.29 is 4.79 Å². The van der Waals surface area contributed by atoms with Crippen LogP contribution in [-0.2, 0) is 4.79 Å². The molecule has 1 saturated carbocycles. The lowest BCUT2D eigenvalue weighted by Gasteiger charge is -2.09. The van der Waals surface area contributed by atoms with Crippen LogP contribution in [0.15, 0.2) is 30.3 Å². The van der Waals surface area contributed by atoms with Crippen molar-refractivity contribution in [3.05, 3.63) is 40.9 Å². The van der Waals surface area contributed by atoms with Gasteiger partial charge in [0, 0.05) is 12.0 Å². The number of benzene rings is 1. The quantitative estimate of drug-likeness (QED) is 0.804. The first-order valence-electron chi connectivity index (χ1n) is 7.50. The molecule has 0 bridgehead atoms. The smallest absolute Gasteiger partial charge is 0.244 e. The Morgan fingerprint density at radius 2 is 2.00 bits per heavy atom. The number of nitrogens with zero attached hydrogens (tertiary/aromatic N) is 2. The Kier molecular flexibility index (Phi) is 3.61. The lowest BCUT2D eigenvalue weighted by atomic mass is 10.0. The summed E-state index contributed by atoms with van der Waals surface area (Å²) in [6.07, 6.45) is 3.09. The average molecular weight is 315 g/mol. The van der Waals surface area contributed by atoms with Crippen LogP contribution in [0.1, 0.15) is 41.8 Å². The van der Waals surface area contributed by atoms with Crippen molar-refractivity contribution in [3.63, 3.8) is 0 Å². The molecular formula is C15H17N5OS. The van der Waals surface area contributed by atoms with E-state index in [0.29, 0.717) is 17.5 Å². The van der Waals surface area contributed by atoms with Crippen molar-refractivity contribution >= 4 is 22.4 Å². The molecule has 1 aliphatic heterocycles. The first-order chi connectivity index (χ1) is 10.8. The van der Waals surface area contributed by atoms with E-state index in [9.17, 15) is 4.79 Å². The summed E-state index contributed by atoms with van der Waals surface area (Å²) in [5.74, 6) is 0.501. The Morgan fingerprint density at radius 1 is 1.18 bits per heavy atom. The molecule has 2 aromatic rings. The van der Waals surface area contributed by atoms with Gasteiger partial charge >= 0.3 is 0 Å². The number of rotatable bonds is 4. The highest BCUT2D eigenvalue weighted by atomic mass is 32.1. The lowest BCUT2D eigenvalue weighted by molar-refractivity contribution is -0.117. The Bertz CT molecular complexity index is 670. The van der Waals surface area contributed by atoms with Crippen LogP contribution < -0.4 is 16.2 Å². The Hall–Kier alpha value is -1.83. The highest BCUT2D eigenvalue weighted by Crippen LogP contribution is 2.42. The fourth-order valence-corrected chi connectivity index (χ4v) is 3.52. The van der Waals surface area contributed by atoms with E-state index in [2.05, 4.69) is 38.5 Å². The van der Waals surface area contributed by atoms with Crippen LogP contribution >= 0.6 is 11.3 Å². The molecule has 114 valence electrons. The molecule has 1 aromatic carbocycles. The molecule has 1 saturated heterocycles. The standard InChI is InChI=1S/C15H17N5OS/c21-13(16-15-20-19-14(22-15)10-6-7-10)12-8-11(17-18-12)9-4-2-1-3-5-9/h1-5,10-12,17-18H,6-8H2,(H,16,20,21). The summed E-state index contributed by atoms with van der Waals surface area (Å²) in [6.45, 7) is 0. The maximum absolute atomic E-state index is 12.3. The summed E-state index contributed by atoms with van der Waals surface area (Å²) in [6, 6.07) is 10.0. The van der Waals surface area contributed by atoms with Crippen molar-refractivity contribution in [3.8, 4) is 0 Å². The molecule has 1 aromatic heterocycles. The molecule has 2 atom stereocenters. The summed E-state index contributed by atoms with van der Waals surface area (Å²) in [5, 5.41) is 12.7. The topological polar surface area (TPSA) is 78.9 Å². The molecular weight excluding hydrogens is 298 g/mol. The predicted molar refractivity (Wildman–Crippen MR) is 84.4 cm³/mol. The van der Waals surface area contributed by atoms with Gasteiger partial charge in [0.1, 0.15) is 11.0 Å². The molecule has 4 rings (SSSR count). The van der Waals surface area contributed by atoms with Crippen LogP contribution in [0.2, 0.25) is 0 Å². The average Bonchev–Trinajstić information content (AvgIpc) is 3.10. The number of nitrogens with one attached hydrogen (secondary N) is 3. The minimum atomic E-state index is -0.265. The summed E-state index contributed by atoms with van der Waals surface area (Å²) >= 11 is 1.49. The highest BCUT2D eigenvalue weighted by Gasteiger charge is 2.31. The molecule has 7 heteroatoms. The van der Waals surface area contributed by atoms with E-state index in [0.717, 1.165) is 5.01 Å². The largest absolute Gasteiger partial charge is 0.299 e. The van der Waals surface area contributed by atoms with Gasteiger partial charge < -0.3 is 0 Å². The summed E-state index contributed by atoms with van der Waals surface area (Å²) < 4.78 is 0. The third-order valence-electron chi connectivity index (χ3n) is 4.02. The van der Waals surface area contributed by atoms with Crippen LogP contribution in [0.25, 0.3) is 0 Å². The molecule has 22 heavy (non-hydrogen) atoms. The molecule has 6 nitrogen and oxygen atoms in total. The third-order valence-corrected chi connectivity index (χ3v) is 5.02. The summed E-state index contributed by atoms with van der Waals surface area (Å²) in [4.78, 5) is 12.3. The van der Waals surface area contributed by atoms with Gasteiger partial charge in [0.2, 0.25) is 11.0 Å². The van der Waals surface area contributed by atoms with Gasteiger partial charge in [-0.25, -0.2) is 10.9 Å². The van der Waals surface area contributed by atoms with Crippen LogP contribution in [0.5, 0.6) is 0 Å². The van der Waals surface area contributed by atoms with Gasteiger partial charge in [0.15, 0.2) is 0 Å². The second kappa shape index (κ2) is 5.75. The normalized spacial score (nSPS) is 24.4. The van der Waals surface area contributed by atoms with Crippen LogP contribution in [-0.4, -0.2) is 22.1 Å². The Morgan fingerprint density at radius 3 is 2.77 bits per heavy atom. The van der Waals surface area contributed by atoms with E-state index in [1.165, 1.54) is 29.7 Å². The Balaban J connectivity index is 1.36. The summed E-state index contributed by atoms with van der Waals surface area (Å²) in [7, 11) is 0. The third kappa shape index (κ3) is 2.87. The van der Waals surface area contributed by atoms with Crippen LogP contribution in [0.3, 0.4) is 0 Å². The van der Waals surface area contributed by atoms with E-state index in [-0.39, 0.29) is 18.0 Å². The van der Waals surface area contributed by atoms with E-state index < -0.39 is 0 Å². The van der Waals surface area contributed by atoms with E-state index >= 15 is 0 Å². The molecule has 2 heterocycles. The van der Waals surface area contributed by atoms with Gasteiger partial charge in [-0.05, 0) is 24.8 Å². The maximum atomic E-state index is 12.3. The van der Waals surface area contributed by atoms with Gasteiger partial charge in [-0.1, -0.05) is 41.7 Å². The van der Waals surface area contributed by atoms with Crippen molar-refractivity contribution in [2.45, 2.75) is 37.3 Å². The predicted octanol–water partition coefficient (Wildman–Crippen LogP) is 1.96. The minimum Gasteiger partial charge on any atom is -0.299 e. The molecule has 1 aliphatic carbocycles. The van der Waals surface area contributed by atoms with Gasteiger partial charge in [-0.2, -0.15) is 0 Å². The maximum Gasteiger partial charge on any atom is 0.244 e. The number of carbonyl (C=O) groups excluding carboxylic acids is 1. The monoisotopic (exact) mass is 315 g/mol. The highest BCUT2D eigenvalue weighted by molar-refractivity contribution is 7.15. The van der Waals surface area contributed by atoms with Gasteiger partial charge in [-0.3, -0.25) is 10.1 Å². The fraction of sp³-hybridized carbons (Fsp3) is 0.400.